The van der Waals surface area contributed by atoms with Gasteiger partial charge in [-0.15, -0.1) is 0 Å². The summed E-state index contributed by atoms with van der Waals surface area (Å²) in [6, 6.07) is 20.2. The molecule has 0 N–H and O–H groups in total. The number of para-hydroxylation sites is 1. The predicted octanol–water partition coefficient (Wildman–Crippen LogP) is 4.85. The van der Waals surface area contributed by atoms with Crippen molar-refractivity contribution < 1.29 is 9.53 Å². The second-order valence-electron chi connectivity index (χ2n) is 11.0. The van der Waals surface area contributed by atoms with Gasteiger partial charge in [0.2, 0.25) is 0 Å². The van der Waals surface area contributed by atoms with E-state index in [0.717, 1.165) is 56.6 Å². The molecule has 2 aromatic rings. The van der Waals surface area contributed by atoms with E-state index >= 15 is 0 Å². The van der Waals surface area contributed by atoms with Gasteiger partial charge in [-0.25, -0.2) is 0 Å². The molecular weight excluding hydrogens is 428 g/mol. The number of rotatable bonds is 3. The Labute approximate surface area is 200 Å². The highest BCUT2D eigenvalue weighted by Crippen LogP contribution is 2.74. The lowest BCUT2D eigenvalue weighted by Gasteiger charge is -2.60. The molecule has 3 heterocycles. The molecule has 2 aliphatic carbocycles. The van der Waals surface area contributed by atoms with E-state index in [4.69, 9.17) is 17.0 Å². The summed E-state index contributed by atoms with van der Waals surface area (Å²) in [4.78, 5) is 20.1. The Morgan fingerprint density at radius 2 is 1.82 bits per heavy atom. The SMILES string of the molecule is COC(=O)[C@@]12CC[C@]3(CCC(=S)N4CC[C@@]5(c6ccccc6N(Cc6ccccc6)[C@@H]15)[C@@H]43)C2. The molecule has 33 heavy (non-hydrogen) atoms. The van der Waals surface area contributed by atoms with Crippen molar-refractivity contribution in [2.45, 2.75) is 62.6 Å². The molecule has 2 saturated carbocycles. The fourth-order valence-corrected chi connectivity index (χ4v) is 9.37. The first-order valence-corrected chi connectivity index (χ1v) is 12.7. The summed E-state index contributed by atoms with van der Waals surface area (Å²) in [5.74, 6) is -0.000308. The second-order valence-corrected chi connectivity index (χ2v) is 11.5. The number of nitrogens with zero attached hydrogens (tertiary/aromatic N) is 2. The Hall–Kier alpha value is -2.40. The number of ether oxygens (including phenoxy) is 1. The minimum Gasteiger partial charge on any atom is -0.469 e. The number of hydrogen-bond acceptors (Lipinski definition) is 4. The summed E-state index contributed by atoms with van der Waals surface area (Å²) in [5, 5.41) is 0. The van der Waals surface area contributed by atoms with E-state index in [2.05, 4.69) is 64.4 Å². The summed E-state index contributed by atoms with van der Waals surface area (Å²) >= 11 is 5.94. The number of esters is 1. The Kier molecular flexibility index (Phi) is 4.00. The molecule has 2 bridgehead atoms. The van der Waals surface area contributed by atoms with Crippen molar-refractivity contribution in [3.63, 3.8) is 0 Å². The monoisotopic (exact) mass is 458 g/mol. The van der Waals surface area contributed by atoms with Gasteiger partial charge in [0.05, 0.1) is 23.6 Å². The first-order chi connectivity index (χ1) is 16.1. The number of benzene rings is 2. The first-order valence-electron chi connectivity index (χ1n) is 12.3. The van der Waals surface area contributed by atoms with Gasteiger partial charge in [-0.05, 0) is 61.1 Å². The van der Waals surface area contributed by atoms with E-state index in [0.29, 0.717) is 6.04 Å². The maximum absolute atomic E-state index is 13.8. The van der Waals surface area contributed by atoms with Gasteiger partial charge in [-0.2, -0.15) is 0 Å². The lowest BCUT2D eigenvalue weighted by Crippen LogP contribution is -2.69. The van der Waals surface area contributed by atoms with E-state index < -0.39 is 5.41 Å². The normalized spacial score (nSPS) is 37.5. The first kappa shape index (κ1) is 20.0. The minimum atomic E-state index is -0.464. The zero-order valence-electron chi connectivity index (χ0n) is 19.1. The molecule has 5 heteroatoms. The third-order valence-electron chi connectivity index (χ3n) is 9.87. The fraction of sp³-hybridized carbons (Fsp3) is 0.500. The number of methoxy groups -OCH3 is 1. The lowest BCUT2D eigenvalue weighted by molar-refractivity contribution is -0.159. The van der Waals surface area contributed by atoms with E-state index in [1.54, 1.807) is 7.11 Å². The van der Waals surface area contributed by atoms with Crippen molar-refractivity contribution in [1.29, 1.82) is 0 Å². The Morgan fingerprint density at radius 1 is 1.03 bits per heavy atom. The van der Waals surface area contributed by atoms with Crippen LogP contribution in [0.15, 0.2) is 54.6 Å². The molecule has 4 nitrogen and oxygen atoms in total. The van der Waals surface area contributed by atoms with E-state index in [9.17, 15) is 4.79 Å². The van der Waals surface area contributed by atoms with Gasteiger partial charge >= 0.3 is 5.97 Å². The van der Waals surface area contributed by atoms with Gasteiger partial charge < -0.3 is 14.5 Å². The average molecular weight is 459 g/mol. The predicted molar refractivity (Wildman–Crippen MR) is 132 cm³/mol. The highest BCUT2D eigenvalue weighted by Gasteiger charge is 2.79. The van der Waals surface area contributed by atoms with Gasteiger partial charge in [-0.3, -0.25) is 4.79 Å². The van der Waals surface area contributed by atoms with Crippen LogP contribution in [0.25, 0.3) is 0 Å². The van der Waals surface area contributed by atoms with Crippen LogP contribution in [0.4, 0.5) is 5.69 Å². The Morgan fingerprint density at radius 3 is 2.64 bits per heavy atom. The molecule has 0 aromatic heterocycles. The van der Waals surface area contributed by atoms with Gasteiger partial charge in [-0.1, -0.05) is 60.7 Å². The molecular formula is C28H30N2O2S. The Bertz CT molecular complexity index is 1170. The van der Waals surface area contributed by atoms with Crippen molar-refractivity contribution >= 4 is 28.9 Å². The van der Waals surface area contributed by atoms with Crippen LogP contribution in [0.2, 0.25) is 0 Å². The van der Waals surface area contributed by atoms with Crippen LogP contribution in [-0.4, -0.2) is 41.6 Å². The van der Waals surface area contributed by atoms with Crippen LogP contribution in [0.3, 0.4) is 0 Å². The summed E-state index contributed by atoms with van der Waals surface area (Å²) in [6.45, 7) is 1.82. The Balaban J connectivity index is 1.49. The summed E-state index contributed by atoms with van der Waals surface area (Å²) < 4.78 is 5.61. The number of hydrogen-bond donors (Lipinski definition) is 0. The molecule has 2 saturated heterocycles. The molecule has 0 radical (unpaired) electrons. The quantitative estimate of drug-likeness (QED) is 0.485. The van der Waals surface area contributed by atoms with E-state index in [1.807, 2.05) is 0 Å². The zero-order valence-corrected chi connectivity index (χ0v) is 19.9. The van der Waals surface area contributed by atoms with Crippen molar-refractivity contribution in [2.75, 3.05) is 18.6 Å². The van der Waals surface area contributed by atoms with Crippen molar-refractivity contribution in [3.05, 3.63) is 65.7 Å². The van der Waals surface area contributed by atoms with Crippen LogP contribution < -0.4 is 4.90 Å². The average Bonchev–Trinajstić information content (AvgIpc) is 3.50. The maximum Gasteiger partial charge on any atom is 0.313 e. The molecule has 0 unspecified atom stereocenters. The van der Waals surface area contributed by atoms with Gasteiger partial charge in [0, 0.05) is 30.2 Å². The van der Waals surface area contributed by atoms with Crippen LogP contribution in [0.5, 0.6) is 0 Å². The third-order valence-corrected chi connectivity index (χ3v) is 10.3. The molecule has 4 fully saturated rings. The molecule has 7 rings (SSSR count). The topological polar surface area (TPSA) is 32.8 Å². The van der Waals surface area contributed by atoms with Crippen LogP contribution in [0, 0.1) is 10.8 Å². The number of piperidine rings is 1. The van der Waals surface area contributed by atoms with Crippen molar-refractivity contribution in [3.8, 4) is 0 Å². The van der Waals surface area contributed by atoms with Crippen LogP contribution in [0.1, 0.15) is 49.7 Å². The standard InChI is InChI=1S/C28H30N2O2S/c1-32-25(31)27-14-13-26(18-27)12-11-22(33)29-16-15-28(23(26)29)20-9-5-6-10-21(20)30(24(27)28)17-19-7-3-2-4-8-19/h2-10,23-24H,11-18H2,1H3/t23-,24-,26+,27+,28+/m0/s1. The number of thiocarbonyl (C=S) groups is 1. The number of anilines is 1. The highest BCUT2D eigenvalue weighted by atomic mass is 32.1. The zero-order chi connectivity index (χ0) is 22.4. The number of carbonyl (C=O) groups excluding carboxylic acids is 1. The summed E-state index contributed by atoms with van der Waals surface area (Å²) in [5.41, 5.74) is 3.62. The summed E-state index contributed by atoms with van der Waals surface area (Å²) in [7, 11) is 1.58. The molecule has 0 amide bonds. The van der Waals surface area contributed by atoms with Gasteiger partial charge in [0.25, 0.3) is 0 Å². The van der Waals surface area contributed by atoms with Gasteiger partial charge in [0.1, 0.15) is 0 Å². The molecule has 3 aliphatic heterocycles. The van der Waals surface area contributed by atoms with E-state index in [1.165, 1.54) is 16.8 Å². The van der Waals surface area contributed by atoms with Gasteiger partial charge in [0.15, 0.2) is 0 Å². The van der Waals surface area contributed by atoms with E-state index in [-0.39, 0.29) is 22.8 Å². The number of fused-ring (bicyclic) bond motifs is 3. The summed E-state index contributed by atoms with van der Waals surface area (Å²) in [6.07, 6.45) is 6.11. The largest absolute Gasteiger partial charge is 0.469 e. The lowest BCUT2D eigenvalue weighted by atomic mass is 9.49. The maximum atomic E-state index is 13.8. The molecule has 170 valence electrons. The molecule has 5 aliphatic rings. The highest BCUT2D eigenvalue weighted by molar-refractivity contribution is 7.80. The van der Waals surface area contributed by atoms with Crippen LogP contribution >= 0.6 is 12.2 Å². The molecule has 5 atom stereocenters. The van der Waals surface area contributed by atoms with Crippen LogP contribution in [-0.2, 0) is 21.5 Å². The number of carbonyl (C=O) groups is 1. The smallest absolute Gasteiger partial charge is 0.313 e. The minimum absolute atomic E-state index is 0.000308. The second kappa shape index (κ2) is 6.59. The molecule has 2 spiro atoms. The van der Waals surface area contributed by atoms with Crippen molar-refractivity contribution in [1.82, 2.24) is 4.90 Å². The third kappa shape index (κ3) is 2.27. The molecule has 2 aromatic carbocycles. The fourth-order valence-electron chi connectivity index (χ4n) is 9.08. The van der Waals surface area contributed by atoms with Crippen molar-refractivity contribution in [2.24, 2.45) is 10.8 Å².